The van der Waals surface area contributed by atoms with Crippen molar-refractivity contribution in [2.45, 2.75) is 58.4 Å². The van der Waals surface area contributed by atoms with Gasteiger partial charge in [-0.3, -0.25) is 9.59 Å². The minimum absolute atomic E-state index is 0.00984. The van der Waals surface area contributed by atoms with Crippen molar-refractivity contribution < 1.29 is 24.2 Å². The molecular weight excluding hydrogens is 444 g/mol. The van der Waals surface area contributed by atoms with Crippen LogP contribution in [0.3, 0.4) is 0 Å². The largest absolute Gasteiger partial charge is 0.481 e. The highest BCUT2D eigenvalue weighted by molar-refractivity contribution is 5.85. The Bertz CT molecular complexity index is 1010. The SMILES string of the molecule is CN(CCCC(=O)O)C(=O)C(CCC(C)(C)C)NC(=O)OCC1c2ccccc2-c2ccccc21. The number of carbonyl (C=O) groups excluding carboxylic acids is 2. The Labute approximate surface area is 207 Å². The third-order valence-corrected chi connectivity index (χ3v) is 6.38. The number of nitrogens with zero attached hydrogens (tertiary/aromatic N) is 1. The molecule has 7 nitrogen and oxygen atoms in total. The van der Waals surface area contributed by atoms with E-state index in [9.17, 15) is 14.4 Å². The summed E-state index contributed by atoms with van der Waals surface area (Å²) >= 11 is 0. The van der Waals surface area contributed by atoms with Crippen LogP contribution in [-0.2, 0) is 14.3 Å². The van der Waals surface area contributed by atoms with Crippen molar-refractivity contribution in [3.8, 4) is 11.1 Å². The van der Waals surface area contributed by atoms with Crippen LogP contribution in [0.2, 0.25) is 0 Å². The summed E-state index contributed by atoms with van der Waals surface area (Å²) in [4.78, 5) is 38.2. The van der Waals surface area contributed by atoms with E-state index in [2.05, 4.69) is 50.4 Å². The molecule has 1 aliphatic carbocycles. The average molecular weight is 481 g/mol. The van der Waals surface area contributed by atoms with Gasteiger partial charge in [0.05, 0.1) is 0 Å². The normalized spacial score (nSPS) is 13.5. The van der Waals surface area contributed by atoms with Crippen LogP contribution in [0.15, 0.2) is 48.5 Å². The Kier molecular flexibility index (Phi) is 8.54. The van der Waals surface area contributed by atoms with Crippen LogP contribution in [-0.4, -0.2) is 54.2 Å². The molecule has 0 saturated carbocycles. The molecule has 0 fully saturated rings. The number of hydrogen-bond acceptors (Lipinski definition) is 4. The first kappa shape index (κ1) is 26.3. The summed E-state index contributed by atoms with van der Waals surface area (Å²) < 4.78 is 5.65. The van der Waals surface area contributed by atoms with Gasteiger partial charge in [0.25, 0.3) is 0 Å². The second-order valence-electron chi connectivity index (χ2n) is 10.4. The summed E-state index contributed by atoms with van der Waals surface area (Å²) in [6, 6.07) is 15.5. The van der Waals surface area contributed by atoms with Gasteiger partial charge in [0, 0.05) is 25.9 Å². The number of nitrogens with one attached hydrogen (secondary N) is 1. The summed E-state index contributed by atoms with van der Waals surface area (Å²) in [6.45, 7) is 6.73. The van der Waals surface area contributed by atoms with E-state index in [0.717, 1.165) is 28.7 Å². The Balaban J connectivity index is 1.65. The molecule has 0 saturated heterocycles. The van der Waals surface area contributed by atoms with E-state index in [1.165, 1.54) is 4.90 Å². The zero-order valence-corrected chi connectivity index (χ0v) is 21.0. The van der Waals surface area contributed by atoms with Crippen molar-refractivity contribution in [2.24, 2.45) is 5.41 Å². The summed E-state index contributed by atoms with van der Waals surface area (Å²) in [5.41, 5.74) is 4.54. The molecule has 0 heterocycles. The molecule has 0 aromatic heterocycles. The Hall–Kier alpha value is -3.35. The van der Waals surface area contributed by atoms with Crippen LogP contribution < -0.4 is 5.32 Å². The molecule has 1 aliphatic rings. The van der Waals surface area contributed by atoms with Crippen molar-refractivity contribution in [2.75, 3.05) is 20.2 Å². The molecule has 0 radical (unpaired) electrons. The molecule has 188 valence electrons. The fraction of sp³-hybridized carbons (Fsp3) is 0.464. The maximum atomic E-state index is 13.1. The molecule has 0 aliphatic heterocycles. The third-order valence-electron chi connectivity index (χ3n) is 6.38. The summed E-state index contributed by atoms with van der Waals surface area (Å²) in [7, 11) is 1.63. The molecule has 2 aromatic carbocycles. The molecule has 1 atom stereocenters. The van der Waals surface area contributed by atoms with E-state index in [1.807, 2.05) is 24.3 Å². The Morgan fingerprint density at radius 1 is 1.03 bits per heavy atom. The molecular formula is C28H36N2O5. The smallest absolute Gasteiger partial charge is 0.407 e. The van der Waals surface area contributed by atoms with Crippen molar-refractivity contribution >= 4 is 18.0 Å². The molecule has 2 amide bonds. The maximum absolute atomic E-state index is 13.1. The van der Waals surface area contributed by atoms with E-state index in [-0.39, 0.29) is 30.3 Å². The molecule has 1 unspecified atom stereocenters. The number of carboxylic acid groups (broad SMARTS) is 1. The van der Waals surface area contributed by atoms with Crippen LogP contribution in [0, 0.1) is 5.41 Å². The second kappa shape index (κ2) is 11.4. The lowest BCUT2D eigenvalue weighted by atomic mass is 9.88. The zero-order chi connectivity index (χ0) is 25.6. The molecule has 2 N–H and O–H groups in total. The number of hydrogen-bond donors (Lipinski definition) is 2. The number of fused-ring (bicyclic) bond motifs is 3. The molecule has 3 rings (SSSR count). The third kappa shape index (κ3) is 7.07. The fourth-order valence-electron chi connectivity index (χ4n) is 4.46. The van der Waals surface area contributed by atoms with Gasteiger partial charge in [-0.1, -0.05) is 69.3 Å². The predicted octanol–water partition coefficient (Wildman–Crippen LogP) is 5.04. The van der Waals surface area contributed by atoms with Gasteiger partial charge in [-0.05, 0) is 46.9 Å². The van der Waals surface area contributed by atoms with E-state index in [1.54, 1.807) is 7.05 Å². The van der Waals surface area contributed by atoms with Crippen molar-refractivity contribution in [1.29, 1.82) is 0 Å². The monoisotopic (exact) mass is 480 g/mol. The van der Waals surface area contributed by atoms with Crippen LogP contribution >= 0.6 is 0 Å². The first-order valence-corrected chi connectivity index (χ1v) is 12.1. The predicted molar refractivity (Wildman–Crippen MR) is 135 cm³/mol. The van der Waals surface area contributed by atoms with E-state index < -0.39 is 18.1 Å². The highest BCUT2D eigenvalue weighted by atomic mass is 16.5. The van der Waals surface area contributed by atoms with E-state index in [4.69, 9.17) is 9.84 Å². The average Bonchev–Trinajstić information content (AvgIpc) is 3.13. The van der Waals surface area contributed by atoms with Crippen molar-refractivity contribution in [3.05, 3.63) is 59.7 Å². The summed E-state index contributed by atoms with van der Waals surface area (Å²) in [5, 5.41) is 11.6. The van der Waals surface area contributed by atoms with Gasteiger partial charge in [-0.2, -0.15) is 0 Å². The lowest BCUT2D eigenvalue weighted by molar-refractivity contribution is -0.138. The minimum Gasteiger partial charge on any atom is -0.481 e. The molecule has 2 aromatic rings. The van der Waals surface area contributed by atoms with Crippen molar-refractivity contribution in [1.82, 2.24) is 10.2 Å². The number of amides is 2. The first-order chi connectivity index (χ1) is 16.6. The topological polar surface area (TPSA) is 95.9 Å². The van der Waals surface area contributed by atoms with Gasteiger partial charge < -0.3 is 20.1 Å². The first-order valence-electron chi connectivity index (χ1n) is 12.1. The van der Waals surface area contributed by atoms with Crippen LogP contribution in [0.4, 0.5) is 4.79 Å². The van der Waals surface area contributed by atoms with E-state index in [0.29, 0.717) is 19.4 Å². The van der Waals surface area contributed by atoms with Gasteiger partial charge in [0.1, 0.15) is 12.6 Å². The van der Waals surface area contributed by atoms with Gasteiger partial charge >= 0.3 is 12.1 Å². The quantitative estimate of drug-likeness (QED) is 0.496. The lowest BCUT2D eigenvalue weighted by Gasteiger charge is -2.27. The van der Waals surface area contributed by atoms with Crippen molar-refractivity contribution in [3.63, 3.8) is 0 Å². The van der Waals surface area contributed by atoms with Crippen LogP contribution in [0.25, 0.3) is 11.1 Å². The van der Waals surface area contributed by atoms with Crippen LogP contribution in [0.5, 0.6) is 0 Å². The molecule has 35 heavy (non-hydrogen) atoms. The highest BCUT2D eigenvalue weighted by Crippen LogP contribution is 2.44. The highest BCUT2D eigenvalue weighted by Gasteiger charge is 2.30. The summed E-state index contributed by atoms with van der Waals surface area (Å²) in [6.07, 6.45) is 0.919. The number of likely N-dealkylation sites (N-methyl/N-ethyl adjacent to an activating group) is 1. The standard InChI is InChI=1S/C28H36N2O5/c1-28(2,3)16-15-24(26(33)30(4)17-9-14-25(31)32)29-27(34)35-18-23-21-12-7-5-10-19(21)20-11-6-8-13-22(20)23/h5-8,10-13,23-24H,9,14-18H2,1-4H3,(H,29,34)(H,31,32). The molecule has 7 heteroatoms. The minimum atomic E-state index is -0.896. The van der Waals surface area contributed by atoms with Gasteiger partial charge in [-0.15, -0.1) is 0 Å². The van der Waals surface area contributed by atoms with Gasteiger partial charge in [0.15, 0.2) is 0 Å². The van der Waals surface area contributed by atoms with Crippen LogP contribution in [0.1, 0.15) is 63.5 Å². The number of benzene rings is 2. The number of alkyl carbamates (subject to hydrolysis) is 1. The zero-order valence-electron chi connectivity index (χ0n) is 21.0. The second-order valence-corrected chi connectivity index (χ2v) is 10.4. The maximum Gasteiger partial charge on any atom is 0.407 e. The van der Waals surface area contributed by atoms with E-state index >= 15 is 0 Å². The molecule has 0 bridgehead atoms. The number of aliphatic carboxylic acids is 1. The lowest BCUT2D eigenvalue weighted by Crippen LogP contribution is -2.48. The Morgan fingerprint density at radius 2 is 1.60 bits per heavy atom. The fourth-order valence-corrected chi connectivity index (χ4v) is 4.46. The number of ether oxygens (including phenoxy) is 1. The number of carbonyl (C=O) groups is 3. The van der Waals surface area contributed by atoms with Gasteiger partial charge in [0.2, 0.25) is 5.91 Å². The number of carboxylic acids is 1. The van der Waals surface area contributed by atoms with Gasteiger partial charge in [-0.25, -0.2) is 4.79 Å². The summed E-state index contributed by atoms with van der Waals surface area (Å²) in [5.74, 6) is -1.20. The Morgan fingerprint density at radius 3 is 2.14 bits per heavy atom. The molecule has 0 spiro atoms. The number of rotatable bonds is 10.